The van der Waals surface area contributed by atoms with Gasteiger partial charge in [0.15, 0.2) is 0 Å². The van der Waals surface area contributed by atoms with Crippen molar-refractivity contribution in [3.8, 4) is 0 Å². The Morgan fingerprint density at radius 1 is 1.16 bits per heavy atom. The van der Waals surface area contributed by atoms with E-state index < -0.39 is 17.8 Å². The van der Waals surface area contributed by atoms with Crippen molar-refractivity contribution in [1.82, 2.24) is 0 Å². The molecule has 2 rings (SSSR count). The van der Waals surface area contributed by atoms with Gasteiger partial charge < -0.3 is 9.52 Å². The van der Waals surface area contributed by atoms with Gasteiger partial charge in [-0.1, -0.05) is 12.1 Å². The lowest BCUT2D eigenvalue weighted by atomic mass is 10.0. The minimum Gasteiger partial charge on any atom is -0.465 e. The van der Waals surface area contributed by atoms with Crippen molar-refractivity contribution < 1.29 is 22.7 Å². The Kier molecular flexibility index (Phi) is 4.01. The number of rotatable bonds is 3. The van der Waals surface area contributed by atoms with E-state index >= 15 is 0 Å². The van der Waals surface area contributed by atoms with E-state index in [4.69, 9.17) is 4.42 Å². The summed E-state index contributed by atoms with van der Waals surface area (Å²) in [4.78, 5) is 0. The number of alkyl halides is 3. The van der Waals surface area contributed by atoms with E-state index in [0.717, 1.165) is 12.1 Å². The van der Waals surface area contributed by atoms with E-state index in [-0.39, 0.29) is 6.42 Å². The summed E-state index contributed by atoms with van der Waals surface area (Å²) >= 11 is 3.22. The minimum absolute atomic E-state index is 0.185. The number of hydrogen-bond donors (Lipinski definition) is 1. The fourth-order valence-corrected chi connectivity index (χ4v) is 2.15. The normalized spacial score (nSPS) is 13.5. The average Bonchev–Trinajstić information content (AvgIpc) is 2.75. The van der Waals surface area contributed by atoms with Crippen LogP contribution in [0.4, 0.5) is 13.2 Å². The second-order valence-electron chi connectivity index (χ2n) is 4.05. The van der Waals surface area contributed by atoms with Gasteiger partial charge in [0.25, 0.3) is 0 Å². The summed E-state index contributed by atoms with van der Waals surface area (Å²) in [6, 6.07) is 6.34. The van der Waals surface area contributed by atoms with Crippen molar-refractivity contribution in [3.63, 3.8) is 0 Å². The number of aliphatic hydroxyl groups excluding tert-OH is 1. The zero-order valence-electron chi connectivity index (χ0n) is 9.62. The average molecular weight is 335 g/mol. The monoisotopic (exact) mass is 334 g/mol. The second kappa shape index (κ2) is 5.38. The molecule has 0 bridgehead atoms. The third-order valence-corrected chi connectivity index (χ3v) is 3.31. The number of furan rings is 1. The lowest BCUT2D eigenvalue weighted by molar-refractivity contribution is -0.137. The third-order valence-electron chi connectivity index (χ3n) is 2.66. The molecule has 0 aliphatic heterocycles. The van der Waals surface area contributed by atoms with E-state index in [2.05, 4.69) is 15.9 Å². The van der Waals surface area contributed by atoms with Crippen molar-refractivity contribution in [3.05, 3.63) is 58.0 Å². The molecule has 0 aliphatic carbocycles. The van der Waals surface area contributed by atoms with Crippen LogP contribution in [0.25, 0.3) is 0 Å². The summed E-state index contributed by atoms with van der Waals surface area (Å²) in [5, 5.41) is 9.93. The fraction of sp³-hybridized carbons (Fsp3) is 0.231. The molecule has 0 fully saturated rings. The van der Waals surface area contributed by atoms with Gasteiger partial charge in [0.2, 0.25) is 0 Å². The lowest BCUT2D eigenvalue weighted by Gasteiger charge is -2.10. The first-order chi connectivity index (χ1) is 8.88. The molecule has 19 heavy (non-hydrogen) atoms. The van der Waals surface area contributed by atoms with Crippen LogP contribution in [0.5, 0.6) is 0 Å². The van der Waals surface area contributed by atoms with Gasteiger partial charge in [0.05, 0.1) is 16.3 Å². The van der Waals surface area contributed by atoms with Gasteiger partial charge in [-0.25, -0.2) is 0 Å². The maximum atomic E-state index is 12.4. The molecule has 1 atom stereocenters. The Bertz CT molecular complexity index is 546. The summed E-state index contributed by atoms with van der Waals surface area (Å²) in [5.41, 5.74) is -0.103. The highest BCUT2D eigenvalue weighted by molar-refractivity contribution is 9.10. The Balaban J connectivity index is 2.10. The number of benzene rings is 1. The molecule has 2 nitrogen and oxygen atoms in total. The Morgan fingerprint density at radius 3 is 2.26 bits per heavy atom. The molecular formula is C13H10BrF3O2. The van der Waals surface area contributed by atoms with E-state index in [9.17, 15) is 18.3 Å². The predicted octanol–water partition coefficient (Wildman–Crippen LogP) is 4.34. The molecule has 0 amide bonds. The Morgan fingerprint density at radius 2 is 1.79 bits per heavy atom. The maximum Gasteiger partial charge on any atom is 0.416 e. The molecule has 1 aromatic heterocycles. The quantitative estimate of drug-likeness (QED) is 0.905. The highest BCUT2D eigenvalue weighted by atomic mass is 79.9. The van der Waals surface area contributed by atoms with Crippen LogP contribution in [0.15, 0.2) is 45.5 Å². The zero-order valence-corrected chi connectivity index (χ0v) is 11.2. The number of hydrogen-bond acceptors (Lipinski definition) is 2. The molecule has 6 heteroatoms. The first-order valence-electron chi connectivity index (χ1n) is 5.45. The highest BCUT2D eigenvalue weighted by Crippen LogP contribution is 2.30. The number of aliphatic hydroxyl groups is 1. The first kappa shape index (κ1) is 14.1. The molecule has 1 heterocycles. The molecule has 0 aliphatic rings. The van der Waals surface area contributed by atoms with E-state index in [0.29, 0.717) is 15.8 Å². The summed E-state index contributed by atoms with van der Waals surface area (Å²) in [6.45, 7) is 0. The van der Waals surface area contributed by atoms with Gasteiger partial charge >= 0.3 is 6.18 Å². The van der Waals surface area contributed by atoms with Crippen molar-refractivity contribution in [2.45, 2.75) is 18.7 Å². The zero-order chi connectivity index (χ0) is 14.0. The van der Waals surface area contributed by atoms with Gasteiger partial charge in [-0.15, -0.1) is 0 Å². The van der Waals surface area contributed by atoms with Crippen LogP contribution in [-0.2, 0) is 12.6 Å². The highest BCUT2D eigenvalue weighted by Gasteiger charge is 2.30. The molecule has 1 unspecified atom stereocenters. The molecule has 0 radical (unpaired) electrons. The topological polar surface area (TPSA) is 33.4 Å². The van der Waals surface area contributed by atoms with Gasteiger partial charge in [0.1, 0.15) is 11.9 Å². The smallest absolute Gasteiger partial charge is 0.416 e. The van der Waals surface area contributed by atoms with E-state index in [1.165, 1.54) is 18.4 Å². The van der Waals surface area contributed by atoms with Crippen LogP contribution in [-0.4, -0.2) is 5.11 Å². The van der Waals surface area contributed by atoms with Crippen LogP contribution >= 0.6 is 15.9 Å². The fourth-order valence-electron chi connectivity index (χ4n) is 1.69. The molecule has 2 aromatic rings. The number of halogens is 4. The largest absolute Gasteiger partial charge is 0.465 e. The van der Waals surface area contributed by atoms with Crippen molar-refractivity contribution >= 4 is 15.9 Å². The van der Waals surface area contributed by atoms with Crippen molar-refractivity contribution in [2.24, 2.45) is 0 Å². The second-order valence-corrected chi connectivity index (χ2v) is 4.90. The van der Waals surface area contributed by atoms with Crippen molar-refractivity contribution in [2.75, 3.05) is 0 Å². The van der Waals surface area contributed by atoms with E-state index in [1.807, 2.05) is 0 Å². The molecule has 0 saturated heterocycles. The molecule has 1 aromatic carbocycles. The molecule has 1 N–H and O–H groups in total. The van der Waals surface area contributed by atoms with Crippen LogP contribution in [0.3, 0.4) is 0 Å². The SMILES string of the molecule is OC(Cc1ccc(C(F)(F)F)cc1)c1occc1Br. The maximum absolute atomic E-state index is 12.4. The predicted molar refractivity (Wildman–Crippen MR) is 66.5 cm³/mol. The molecule has 0 saturated carbocycles. The minimum atomic E-state index is -4.35. The molecule has 102 valence electrons. The lowest BCUT2D eigenvalue weighted by Crippen LogP contribution is -2.05. The van der Waals surface area contributed by atoms with Crippen LogP contribution in [0.1, 0.15) is 23.0 Å². The standard InChI is InChI=1S/C13H10BrF3O2/c14-10-5-6-19-12(10)11(18)7-8-1-3-9(4-2-8)13(15,16)17/h1-6,11,18H,7H2. The van der Waals surface area contributed by atoms with Gasteiger partial charge in [-0.05, 0) is 39.7 Å². The van der Waals surface area contributed by atoms with Gasteiger partial charge in [-0.3, -0.25) is 0 Å². The van der Waals surface area contributed by atoms with Crippen LogP contribution in [0.2, 0.25) is 0 Å². The van der Waals surface area contributed by atoms with Crippen molar-refractivity contribution in [1.29, 1.82) is 0 Å². The molecule has 0 spiro atoms. The van der Waals surface area contributed by atoms with E-state index in [1.54, 1.807) is 6.07 Å². The Labute approximate surface area is 116 Å². The van der Waals surface area contributed by atoms with Gasteiger partial charge in [-0.2, -0.15) is 13.2 Å². The summed E-state index contributed by atoms with van der Waals surface area (Å²) < 4.78 is 42.9. The summed E-state index contributed by atoms with van der Waals surface area (Å²) in [7, 11) is 0. The third kappa shape index (κ3) is 3.39. The van der Waals surface area contributed by atoms with Crippen LogP contribution < -0.4 is 0 Å². The van der Waals surface area contributed by atoms with Gasteiger partial charge in [0, 0.05) is 6.42 Å². The Hall–Kier alpha value is -1.27. The molecular weight excluding hydrogens is 325 g/mol. The van der Waals surface area contributed by atoms with Crippen LogP contribution in [0, 0.1) is 0 Å². The first-order valence-corrected chi connectivity index (χ1v) is 6.24. The summed E-state index contributed by atoms with van der Waals surface area (Å²) in [5.74, 6) is 0.361. The summed E-state index contributed by atoms with van der Waals surface area (Å²) in [6.07, 6.45) is -3.64.